The van der Waals surface area contributed by atoms with Crippen LogP contribution in [-0.4, -0.2) is 20.8 Å². The second-order valence-corrected chi connectivity index (χ2v) is 3.57. The Morgan fingerprint density at radius 3 is 2.79 bits per heavy atom. The molecule has 0 unspecified atom stereocenters. The maximum Gasteiger partial charge on any atom is 0.270 e. The van der Waals surface area contributed by atoms with Gasteiger partial charge in [0, 0.05) is 30.2 Å². The third-order valence-corrected chi connectivity index (χ3v) is 2.30. The SMILES string of the molecule is Nc1ccc([N+](=O)[O-])cc1C(=O)Nc1cnccn1. The Balaban J connectivity index is 2.28. The quantitative estimate of drug-likeness (QED) is 0.485. The first-order chi connectivity index (χ1) is 9.08. The Hall–Kier alpha value is -3.03. The van der Waals surface area contributed by atoms with Gasteiger partial charge in [0.05, 0.1) is 16.7 Å². The highest BCUT2D eigenvalue weighted by atomic mass is 16.6. The van der Waals surface area contributed by atoms with Gasteiger partial charge in [0.25, 0.3) is 11.6 Å². The summed E-state index contributed by atoms with van der Waals surface area (Å²) in [6.07, 6.45) is 4.22. The van der Waals surface area contributed by atoms with E-state index in [-0.39, 0.29) is 22.8 Å². The van der Waals surface area contributed by atoms with E-state index in [1.54, 1.807) is 0 Å². The molecule has 0 aliphatic rings. The van der Waals surface area contributed by atoms with Crippen molar-refractivity contribution in [3.63, 3.8) is 0 Å². The summed E-state index contributed by atoms with van der Waals surface area (Å²) < 4.78 is 0. The van der Waals surface area contributed by atoms with E-state index < -0.39 is 10.8 Å². The number of nitrogens with two attached hydrogens (primary N) is 1. The van der Waals surface area contributed by atoms with Crippen LogP contribution in [0.2, 0.25) is 0 Å². The molecule has 19 heavy (non-hydrogen) atoms. The van der Waals surface area contributed by atoms with E-state index in [0.717, 1.165) is 6.07 Å². The zero-order chi connectivity index (χ0) is 13.8. The van der Waals surface area contributed by atoms with E-state index in [2.05, 4.69) is 15.3 Å². The molecule has 0 radical (unpaired) electrons. The molecule has 0 bridgehead atoms. The number of nitro groups is 1. The lowest BCUT2D eigenvalue weighted by Gasteiger charge is -2.06. The van der Waals surface area contributed by atoms with E-state index in [0.29, 0.717) is 0 Å². The van der Waals surface area contributed by atoms with Gasteiger partial charge in [0.1, 0.15) is 0 Å². The van der Waals surface area contributed by atoms with Gasteiger partial charge < -0.3 is 11.1 Å². The number of nitro benzene ring substituents is 1. The van der Waals surface area contributed by atoms with E-state index >= 15 is 0 Å². The van der Waals surface area contributed by atoms with Crippen molar-refractivity contribution < 1.29 is 9.72 Å². The lowest BCUT2D eigenvalue weighted by atomic mass is 10.1. The van der Waals surface area contributed by atoms with Crippen LogP contribution in [0.3, 0.4) is 0 Å². The molecule has 1 aromatic carbocycles. The molecule has 3 N–H and O–H groups in total. The second-order valence-electron chi connectivity index (χ2n) is 3.57. The predicted molar refractivity (Wildman–Crippen MR) is 67.5 cm³/mol. The van der Waals surface area contributed by atoms with E-state index in [1.807, 2.05) is 0 Å². The van der Waals surface area contributed by atoms with Crippen molar-refractivity contribution in [1.29, 1.82) is 0 Å². The van der Waals surface area contributed by atoms with Crippen LogP contribution in [0, 0.1) is 10.1 Å². The minimum atomic E-state index is -0.599. The number of carbonyl (C=O) groups is 1. The molecule has 0 aliphatic heterocycles. The van der Waals surface area contributed by atoms with Crippen molar-refractivity contribution in [2.75, 3.05) is 11.1 Å². The summed E-state index contributed by atoms with van der Waals surface area (Å²) in [5.41, 5.74) is 5.57. The molecule has 8 nitrogen and oxygen atoms in total. The number of rotatable bonds is 3. The molecule has 96 valence electrons. The lowest BCUT2D eigenvalue weighted by Crippen LogP contribution is -2.15. The molecule has 0 aliphatic carbocycles. The van der Waals surface area contributed by atoms with Crippen LogP contribution in [-0.2, 0) is 0 Å². The van der Waals surface area contributed by atoms with Gasteiger partial charge in [-0.25, -0.2) is 4.98 Å². The number of non-ortho nitro benzene ring substituents is 1. The molecule has 0 saturated carbocycles. The van der Waals surface area contributed by atoms with Gasteiger partial charge in [-0.2, -0.15) is 0 Å². The molecular weight excluding hydrogens is 250 g/mol. The fraction of sp³-hybridized carbons (Fsp3) is 0. The summed E-state index contributed by atoms with van der Waals surface area (Å²) in [5.74, 6) is -0.347. The fourth-order valence-corrected chi connectivity index (χ4v) is 1.40. The predicted octanol–water partition coefficient (Wildman–Crippen LogP) is 1.22. The largest absolute Gasteiger partial charge is 0.398 e. The normalized spacial score (nSPS) is 9.89. The van der Waals surface area contributed by atoms with Crippen molar-refractivity contribution in [2.45, 2.75) is 0 Å². The van der Waals surface area contributed by atoms with Crippen LogP contribution in [0.25, 0.3) is 0 Å². The summed E-state index contributed by atoms with van der Waals surface area (Å²) in [4.78, 5) is 29.6. The molecule has 0 fully saturated rings. The monoisotopic (exact) mass is 259 g/mol. The van der Waals surface area contributed by atoms with Crippen molar-refractivity contribution >= 4 is 23.1 Å². The maximum absolute atomic E-state index is 11.9. The number of anilines is 2. The molecule has 8 heteroatoms. The second kappa shape index (κ2) is 5.08. The first-order valence-corrected chi connectivity index (χ1v) is 5.19. The van der Waals surface area contributed by atoms with Crippen molar-refractivity contribution in [2.24, 2.45) is 0 Å². The van der Waals surface area contributed by atoms with Crippen LogP contribution in [0.5, 0.6) is 0 Å². The third-order valence-electron chi connectivity index (χ3n) is 2.30. The van der Waals surface area contributed by atoms with Gasteiger partial charge in [-0.05, 0) is 6.07 Å². The average Bonchev–Trinajstić information content (AvgIpc) is 2.40. The van der Waals surface area contributed by atoms with E-state index in [9.17, 15) is 14.9 Å². The minimum Gasteiger partial charge on any atom is -0.398 e. The van der Waals surface area contributed by atoms with Crippen molar-refractivity contribution in [3.8, 4) is 0 Å². The molecule has 0 spiro atoms. The summed E-state index contributed by atoms with van der Waals surface area (Å²) >= 11 is 0. The maximum atomic E-state index is 11.9. The van der Waals surface area contributed by atoms with Crippen LogP contribution in [0.15, 0.2) is 36.8 Å². The lowest BCUT2D eigenvalue weighted by molar-refractivity contribution is -0.384. The van der Waals surface area contributed by atoms with Gasteiger partial charge in [-0.15, -0.1) is 0 Å². The number of aromatic nitrogens is 2. The highest BCUT2D eigenvalue weighted by molar-refractivity contribution is 6.07. The molecule has 2 aromatic rings. The Bertz CT molecular complexity index is 629. The molecule has 1 amide bonds. The molecule has 2 rings (SSSR count). The number of nitrogen functional groups attached to an aromatic ring is 1. The van der Waals surface area contributed by atoms with Crippen molar-refractivity contribution in [3.05, 3.63) is 52.5 Å². The van der Waals surface area contributed by atoms with Gasteiger partial charge >= 0.3 is 0 Å². The van der Waals surface area contributed by atoms with Gasteiger partial charge in [0.2, 0.25) is 0 Å². The van der Waals surface area contributed by atoms with Gasteiger partial charge in [-0.3, -0.25) is 19.9 Å². The number of nitrogens with one attached hydrogen (secondary N) is 1. The van der Waals surface area contributed by atoms with Gasteiger partial charge in [-0.1, -0.05) is 0 Å². The number of amides is 1. The van der Waals surface area contributed by atoms with Crippen molar-refractivity contribution in [1.82, 2.24) is 9.97 Å². The molecule has 0 atom stereocenters. The highest BCUT2D eigenvalue weighted by Crippen LogP contribution is 2.20. The van der Waals surface area contributed by atoms with Crippen LogP contribution < -0.4 is 11.1 Å². The molecule has 0 saturated heterocycles. The summed E-state index contributed by atoms with van der Waals surface area (Å²) in [5, 5.41) is 13.1. The Labute approximate surface area is 107 Å². The summed E-state index contributed by atoms with van der Waals surface area (Å²) in [6, 6.07) is 3.65. The zero-order valence-corrected chi connectivity index (χ0v) is 9.61. The topological polar surface area (TPSA) is 124 Å². The molecular formula is C11H9N5O3. The van der Waals surface area contributed by atoms with Crippen LogP contribution >= 0.6 is 0 Å². The Kier molecular flexibility index (Phi) is 3.33. The van der Waals surface area contributed by atoms with Crippen LogP contribution in [0.4, 0.5) is 17.2 Å². The fourth-order valence-electron chi connectivity index (χ4n) is 1.40. The first kappa shape index (κ1) is 12.4. The van der Waals surface area contributed by atoms with Crippen LogP contribution in [0.1, 0.15) is 10.4 Å². The highest BCUT2D eigenvalue weighted by Gasteiger charge is 2.15. The summed E-state index contributed by atoms with van der Waals surface area (Å²) in [7, 11) is 0. The standard InChI is InChI=1S/C11H9N5O3/c12-9-2-1-7(16(18)19)5-8(9)11(17)15-10-6-13-3-4-14-10/h1-6H,12H2,(H,14,15,17). The smallest absolute Gasteiger partial charge is 0.270 e. The Morgan fingerprint density at radius 1 is 1.37 bits per heavy atom. The number of hydrogen-bond acceptors (Lipinski definition) is 6. The number of hydrogen-bond donors (Lipinski definition) is 2. The number of benzene rings is 1. The molecule has 1 aromatic heterocycles. The Morgan fingerprint density at radius 2 is 2.16 bits per heavy atom. The zero-order valence-electron chi connectivity index (χ0n) is 9.61. The molecule has 1 heterocycles. The number of carbonyl (C=O) groups excluding carboxylic acids is 1. The third kappa shape index (κ3) is 2.80. The van der Waals surface area contributed by atoms with E-state index in [1.165, 1.54) is 30.7 Å². The van der Waals surface area contributed by atoms with Gasteiger partial charge in [0.15, 0.2) is 5.82 Å². The summed E-state index contributed by atoms with van der Waals surface area (Å²) in [6.45, 7) is 0. The van der Waals surface area contributed by atoms with E-state index in [4.69, 9.17) is 5.73 Å². The average molecular weight is 259 g/mol. The first-order valence-electron chi connectivity index (χ1n) is 5.19. The number of nitrogens with zero attached hydrogens (tertiary/aromatic N) is 3. The minimum absolute atomic E-state index is 0.0138.